The van der Waals surface area contributed by atoms with Crippen LogP contribution in [0.3, 0.4) is 0 Å². The van der Waals surface area contributed by atoms with Crippen molar-refractivity contribution in [1.29, 1.82) is 0 Å². The second-order valence-corrected chi connectivity index (χ2v) is 9.59. The topological polar surface area (TPSA) is 119 Å². The Bertz CT molecular complexity index is 1310. The van der Waals surface area contributed by atoms with Crippen LogP contribution in [-0.4, -0.2) is 42.6 Å². The number of hydrogen-bond acceptors (Lipinski definition) is 7. The average molecular weight is 542 g/mol. The molecule has 0 spiro atoms. The highest BCUT2D eigenvalue weighted by molar-refractivity contribution is 5.81. The lowest BCUT2D eigenvalue weighted by molar-refractivity contribution is -0.127. The lowest BCUT2D eigenvalue weighted by Crippen LogP contribution is -2.15. The van der Waals surface area contributed by atoms with Crippen molar-refractivity contribution in [3.63, 3.8) is 0 Å². The van der Waals surface area contributed by atoms with Crippen molar-refractivity contribution in [2.45, 2.75) is 85.5 Å². The highest BCUT2D eigenvalue weighted by atomic mass is 19.1. The Kier molecular flexibility index (Phi) is 12.1. The number of hydrogen-bond donors (Lipinski definition) is 3. The monoisotopic (exact) mass is 541 g/mol. The zero-order valence-corrected chi connectivity index (χ0v) is 24.3. The number of nitrogens with zero attached hydrogens (tertiary/aromatic N) is 4. The van der Waals surface area contributed by atoms with E-state index in [4.69, 9.17) is 20.7 Å². The van der Waals surface area contributed by atoms with Gasteiger partial charge in [-0.3, -0.25) is 0 Å². The van der Waals surface area contributed by atoms with Crippen molar-refractivity contribution in [2.75, 3.05) is 12.8 Å². The van der Waals surface area contributed by atoms with Gasteiger partial charge in [0.15, 0.2) is 17.4 Å². The molecule has 4 aromatic rings. The molecule has 39 heavy (non-hydrogen) atoms. The Morgan fingerprint density at radius 1 is 1.08 bits per heavy atom. The lowest BCUT2D eigenvalue weighted by Gasteiger charge is -2.14. The SMILES string of the molecule is CC.CC.CC(C)(O)O.COc1ncnc2c1ccn2C1CCC(CCc2ccc3cc(F)c(N)nc3c2)C1. The van der Waals surface area contributed by atoms with E-state index in [1.807, 2.05) is 45.9 Å². The van der Waals surface area contributed by atoms with Crippen LogP contribution < -0.4 is 10.5 Å². The van der Waals surface area contributed by atoms with Gasteiger partial charge in [0.2, 0.25) is 5.88 Å². The number of pyridine rings is 1. The van der Waals surface area contributed by atoms with E-state index in [0.29, 0.717) is 17.8 Å². The van der Waals surface area contributed by atoms with E-state index in [2.05, 4.69) is 31.8 Å². The molecule has 1 fully saturated rings. The van der Waals surface area contributed by atoms with Crippen molar-refractivity contribution in [1.82, 2.24) is 19.5 Å². The molecule has 1 aromatic carbocycles. The number of methoxy groups -OCH3 is 1. The Morgan fingerprint density at radius 3 is 2.44 bits per heavy atom. The first-order valence-electron chi connectivity index (χ1n) is 13.8. The third-order valence-corrected chi connectivity index (χ3v) is 6.28. The molecule has 0 amide bonds. The van der Waals surface area contributed by atoms with Gasteiger partial charge in [0.05, 0.1) is 18.0 Å². The van der Waals surface area contributed by atoms with Gasteiger partial charge in [-0.2, -0.15) is 0 Å². The number of benzene rings is 1. The van der Waals surface area contributed by atoms with E-state index in [-0.39, 0.29) is 5.82 Å². The molecule has 3 aromatic heterocycles. The van der Waals surface area contributed by atoms with Gasteiger partial charge in [-0.05, 0) is 75.6 Å². The Morgan fingerprint density at radius 2 is 1.77 bits per heavy atom. The second kappa shape index (κ2) is 14.7. The Balaban J connectivity index is 0.000000527. The number of aliphatic hydroxyl groups is 2. The first kappa shape index (κ1) is 31.9. The molecular formula is C30H44FN5O3. The zero-order chi connectivity index (χ0) is 29.2. The first-order valence-corrected chi connectivity index (χ1v) is 13.8. The summed E-state index contributed by atoms with van der Waals surface area (Å²) in [6, 6.07) is 9.96. The minimum Gasteiger partial charge on any atom is -0.480 e. The summed E-state index contributed by atoms with van der Waals surface area (Å²) in [6.45, 7) is 10.6. The maximum absolute atomic E-state index is 13.6. The summed E-state index contributed by atoms with van der Waals surface area (Å²) in [7, 11) is 1.64. The van der Waals surface area contributed by atoms with Crippen LogP contribution in [0, 0.1) is 11.7 Å². The van der Waals surface area contributed by atoms with Crippen molar-refractivity contribution >= 4 is 27.8 Å². The van der Waals surface area contributed by atoms with Gasteiger partial charge >= 0.3 is 0 Å². The number of rotatable bonds is 5. The highest BCUT2D eigenvalue weighted by Crippen LogP contribution is 2.39. The van der Waals surface area contributed by atoms with Crippen molar-refractivity contribution in [2.24, 2.45) is 5.92 Å². The smallest absolute Gasteiger partial charge is 0.225 e. The number of fused-ring (bicyclic) bond motifs is 2. The van der Waals surface area contributed by atoms with Gasteiger partial charge in [-0.1, -0.05) is 39.8 Å². The third-order valence-electron chi connectivity index (χ3n) is 6.28. The molecule has 8 nitrogen and oxygen atoms in total. The molecular weight excluding hydrogens is 497 g/mol. The number of anilines is 1. The summed E-state index contributed by atoms with van der Waals surface area (Å²) < 4.78 is 21.2. The number of nitrogens with two attached hydrogens (primary N) is 1. The van der Waals surface area contributed by atoms with Crippen LogP contribution in [0.2, 0.25) is 0 Å². The Hall–Kier alpha value is -3.30. The van der Waals surface area contributed by atoms with E-state index in [9.17, 15) is 4.39 Å². The minimum atomic E-state index is -1.50. The van der Waals surface area contributed by atoms with Crippen LogP contribution in [-0.2, 0) is 6.42 Å². The van der Waals surface area contributed by atoms with Crippen LogP contribution in [0.25, 0.3) is 21.9 Å². The zero-order valence-electron chi connectivity index (χ0n) is 24.3. The molecule has 0 radical (unpaired) electrons. The van der Waals surface area contributed by atoms with Crippen LogP contribution >= 0.6 is 0 Å². The van der Waals surface area contributed by atoms with Gasteiger partial charge in [0, 0.05) is 17.6 Å². The maximum Gasteiger partial charge on any atom is 0.225 e. The number of halogens is 1. The van der Waals surface area contributed by atoms with Gasteiger partial charge in [0.1, 0.15) is 12.0 Å². The normalized spacial score (nSPS) is 16.5. The molecule has 2 unspecified atom stereocenters. The summed E-state index contributed by atoms with van der Waals surface area (Å²) in [5, 5.41) is 17.9. The fraction of sp³-hybridized carbons (Fsp3) is 0.500. The lowest BCUT2D eigenvalue weighted by atomic mass is 9.97. The van der Waals surface area contributed by atoms with Crippen LogP contribution in [0.15, 0.2) is 42.9 Å². The van der Waals surface area contributed by atoms with E-state index >= 15 is 0 Å². The van der Waals surface area contributed by atoms with E-state index in [1.54, 1.807) is 13.4 Å². The van der Waals surface area contributed by atoms with Gasteiger partial charge in [-0.25, -0.2) is 19.3 Å². The van der Waals surface area contributed by atoms with Gasteiger partial charge in [0.25, 0.3) is 0 Å². The third kappa shape index (κ3) is 8.86. The highest BCUT2D eigenvalue weighted by Gasteiger charge is 2.27. The van der Waals surface area contributed by atoms with Gasteiger partial charge < -0.3 is 25.3 Å². The molecule has 1 aliphatic rings. The van der Waals surface area contributed by atoms with Crippen molar-refractivity contribution in [3.05, 3.63) is 54.2 Å². The molecule has 9 heteroatoms. The molecule has 1 aliphatic carbocycles. The fourth-order valence-electron chi connectivity index (χ4n) is 4.70. The van der Waals surface area contributed by atoms with E-state index < -0.39 is 11.6 Å². The second-order valence-electron chi connectivity index (χ2n) is 9.59. The van der Waals surface area contributed by atoms with E-state index in [0.717, 1.165) is 47.6 Å². The molecule has 214 valence electrons. The quantitative estimate of drug-likeness (QED) is 0.249. The fourth-order valence-corrected chi connectivity index (χ4v) is 4.70. The van der Waals surface area contributed by atoms with E-state index in [1.165, 1.54) is 31.9 Å². The summed E-state index contributed by atoms with van der Waals surface area (Å²) in [5.74, 6) is -0.720. The molecule has 5 rings (SSSR count). The standard InChI is InChI=1S/C23H24FN5O.C3H8O2.2C2H6/c1-30-23-18-8-9-29(22(18)26-13-27-23)17-7-5-14(10-17)2-3-15-4-6-16-12-19(24)21(25)28-20(16)11-15;1-3(2,4)5;2*1-2/h4,6,8-9,11-14,17H,2-3,5,7,10H2,1H3,(H2,25,28);4-5H,1-2H3;2*1-2H3. The number of ether oxygens (including phenoxy) is 1. The summed E-state index contributed by atoms with van der Waals surface area (Å²) in [5.41, 5.74) is 8.54. The summed E-state index contributed by atoms with van der Waals surface area (Å²) >= 11 is 0. The predicted molar refractivity (Wildman–Crippen MR) is 156 cm³/mol. The summed E-state index contributed by atoms with van der Waals surface area (Å²) in [4.78, 5) is 12.9. The van der Waals surface area contributed by atoms with Crippen molar-refractivity contribution in [3.8, 4) is 5.88 Å². The minimum absolute atomic E-state index is 0.0438. The molecule has 0 saturated heterocycles. The predicted octanol–water partition coefficient (Wildman–Crippen LogP) is 6.44. The summed E-state index contributed by atoms with van der Waals surface area (Å²) in [6.07, 6.45) is 9.27. The average Bonchev–Trinajstić information content (AvgIpc) is 3.56. The molecule has 0 bridgehead atoms. The molecule has 4 N–H and O–H groups in total. The number of aromatic nitrogens is 4. The maximum atomic E-state index is 13.6. The van der Waals surface area contributed by atoms with Gasteiger partial charge in [-0.15, -0.1) is 0 Å². The number of aryl methyl sites for hydroxylation is 1. The molecule has 3 heterocycles. The van der Waals surface area contributed by atoms with Crippen molar-refractivity contribution < 1.29 is 19.3 Å². The number of nitrogen functional groups attached to an aromatic ring is 1. The van der Waals surface area contributed by atoms with Crippen LogP contribution in [0.1, 0.15) is 78.8 Å². The Labute approximate surface area is 231 Å². The molecule has 2 atom stereocenters. The first-order chi connectivity index (χ1) is 18.6. The largest absolute Gasteiger partial charge is 0.480 e. The van der Waals surface area contributed by atoms with Crippen LogP contribution in [0.5, 0.6) is 5.88 Å². The molecule has 0 aliphatic heterocycles. The van der Waals surface area contributed by atoms with Crippen LogP contribution in [0.4, 0.5) is 10.2 Å². The molecule has 1 saturated carbocycles.